The summed E-state index contributed by atoms with van der Waals surface area (Å²) in [7, 11) is 1.70. The summed E-state index contributed by atoms with van der Waals surface area (Å²) in [5.74, 6) is 1.17. The van der Waals surface area contributed by atoms with Gasteiger partial charge in [0.15, 0.2) is 11.7 Å². The van der Waals surface area contributed by atoms with Gasteiger partial charge >= 0.3 is 0 Å². The molecule has 0 aliphatic rings. The zero-order valence-corrected chi connectivity index (χ0v) is 17.5. The Morgan fingerprint density at radius 2 is 1.81 bits per heavy atom. The SMILES string of the molecule is CN=C(NCc1ccc(F)c(C)c1)NCc1cc(-c2ccccc2)on1.I. The van der Waals surface area contributed by atoms with Gasteiger partial charge in [0.2, 0.25) is 0 Å². The van der Waals surface area contributed by atoms with Gasteiger partial charge in [-0.25, -0.2) is 4.39 Å². The normalized spacial score (nSPS) is 11.0. The van der Waals surface area contributed by atoms with Crippen molar-refractivity contribution in [2.75, 3.05) is 7.05 Å². The Bertz CT molecular complexity index is 896. The Morgan fingerprint density at radius 1 is 1.07 bits per heavy atom. The molecule has 0 atom stereocenters. The van der Waals surface area contributed by atoms with Crippen molar-refractivity contribution in [3.63, 3.8) is 0 Å². The molecule has 0 spiro atoms. The average Bonchev–Trinajstić information content (AvgIpc) is 3.14. The minimum atomic E-state index is -0.198. The van der Waals surface area contributed by atoms with Crippen LogP contribution in [0.3, 0.4) is 0 Å². The summed E-state index contributed by atoms with van der Waals surface area (Å²) in [6, 6.07) is 16.8. The lowest BCUT2D eigenvalue weighted by molar-refractivity contribution is 0.422. The van der Waals surface area contributed by atoms with E-state index in [1.165, 1.54) is 6.07 Å². The molecule has 3 rings (SSSR count). The Balaban J connectivity index is 0.00000261. The van der Waals surface area contributed by atoms with Gasteiger partial charge in [-0.05, 0) is 24.1 Å². The van der Waals surface area contributed by atoms with Crippen molar-refractivity contribution >= 4 is 29.9 Å². The van der Waals surface area contributed by atoms with Crippen LogP contribution in [0.5, 0.6) is 0 Å². The minimum absolute atomic E-state index is 0. The van der Waals surface area contributed by atoms with E-state index in [9.17, 15) is 4.39 Å². The molecule has 0 unspecified atom stereocenters. The molecule has 3 aromatic rings. The molecule has 0 bridgehead atoms. The first kappa shape index (κ1) is 20.9. The number of nitrogens with zero attached hydrogens (tertiary/aromatic N) is 2. The predicted octanol–water partition coefficient (Wildman–Crippen LogP) is 4.27. The Labute approximate surface area is 175 Å². The van der Waals surface area contributed by atoms with Crippen LogP contribution in [0.4, 0.5) is 4.39 Å². The number of nitrogens with one attached hydrogen (secondary N) is 2. The van der Waals surface area contributed by atoms with E-state index in [1.807, 2.05) is 42.5 Å². The van der Waals surface area contributed by atoms with Crippen LogP contribution in [0.25, 0.3) is 11.3 Å². The van der Waals surface area contributed by atoms with Crippen molar-refractivity contribution < 1.29 is 8.91 Å². The molecule has 0 amide bonds. The molecule has 0 saturated heterocycles. The fourth-order valence-electron chi connectivity index (χ4n) is 2.53. The first-order chi connectivity index (χ1) is 12.7. The van der Waals surface area contributed by atoms with Crippen LogP contribution in [0.1, 0.15) is 16.8 Å². The van der Waals surface area contributed by atoms with E-state index in [1.54, 1.807) is 20.0 Å². The van der Waals surface area contributed by atoms with Crippen molar-refractivity contribution in [2.24, 2.45) is 4.99 Å². The Hall–Kier alpha value is -2.42. The highest BCUT2D eigenvalue weighted by atomic mass is 127. The van der Waals surface area contributed by atoms with Crippen molar-refractivity contribution in [2.45, 2.75) is 20.0 Å². The van der Waals surface area contributed by atoms with Crippen molar-refractivity contribution in [1.29, 1.82) is 0 Å². The molecule has 2 aromatic carbocycles. The second-order valence-electron chi connectivity index (χ2n) is 5.91. The van der Waals surface area contributed by atoms with Crippen LogP contribution < -0.4 is 10.6 Å². The summed E-state index contributed by atoms with van der Waals surface area (Å²) in [5, 5.41) is 10.5. The molecule has 0 aliphatic carbocycles. The number of aryl methyl sites for hydroxylation is 1. The van der Waals surface area contributed by atoms with Crippen LogP contribution in [-0.2, 0) is 13.1 Å². The second kappa shape index (κ2) is 10.1. The van der Waals surface area contributed by atoms with Gasteiger partial charge in [0, 0.05) is 25.2 Å². The third kappa shape index (κ3) is 5.78. The van der Waals surface area contributed by atoms with Gasteiger partial charge in [0.1, 0.15) is 11.5 Å². The number of hydrogen-bond donors (Lipinski definition) is 2. The highest BCUT2D eigenvalue weighted by Crippen LogP contribution is 2.19. The molecule has 1 heterocycles. The van der Waals surface area contributed by atoms with Crippen LogP contribution >= 0.6 is 24.0 Å². The van der Waals surface area contributed by atoms with Crippen LogP contribution in [0.15, 0.2) is 64.1 Å². The van der Waals surface area contributed by atoms with Crippen molar-refractivity contribution in [1.82, 2.24) is 15.8 Å². The lowest BCUT2D eigenvalue weighted by Gasteiger charge is -2.11. The van der Waals surface area contributed by atoms with E-state index in [-0.39, 0.29) is 29.8 Å². The summed E-state index contributed by atoms with van der Waals surface area (Å²) in [6.07, 6.45) is 0. The molecule has 27 heavy (non-hydrogen) atoms. The number of aliphatic imine (C=N–C) groups is 1. The van der Waals surface area contributed by atoms with Gasteiger partial charge in [-0.3, -0.25) is 4.99 Å². The van der Waals surface area contributed by atoms with Gasteiger partial charge in [-0.15, -0.1) is 24.0 Å². The molecular formula is C20H22FIN4O. The molecule has 0 fully saturated rings. The first-order valence-electron chi connectivity index (χ1n) is 8.36. The van der Waals surface area contributed by atoms with Gasteiger partial charge in [0.25, 0.3) is 0 Å². The van der Waals surface area contributed by atoms with E-state index in [2.05, 4.69) is 20.8 Å². The van der Waals surface area contributed by atoms with E-state index >= 15 is 0 Å². The summed E-state index contributed by atoms with van der Waals surface area (Å²) in [4.78, 5) is 4.19. The molecular weight excluding hydrogens is 458 g/mol. The molecule has 0 saturated carbocycles. The lowest BCUT2D eigenvalue weighted by Crippen LogP contribution is -2.36. The topological polar surface area (TPSA) is 62.5 Å². The number of rotatable bonds is 5. The first-order valence-corrected chi connectivity index (χ1v) is 8.36. The Morgan fingerprint density at radius 3 is 2.52 bits per heavy atom. The third-order valence-electron chi connectivity index (χ3n) is 3.96. The maximum atomic E-state index is 13.3. The maximum Gasteiger partial charge on any atom is 0.191 e. The number of halogens is 2. The summed E-state index contributed by atoms with van der Waals surface area (Å²) in [6.45, 7) is 2.79. The molecule has 2 N–H and O–H groups in total. The highest BCUT2D eigenvalue weighted by Gasteiger charge is 2.07. The van der Waals surface area contributed by atoms with Gasteiger partial charge < -0.3 is 15.2 Å². The summed E-state index contributed by atoms with van der Waals surface area (Å²) >= 11 is 0. The average molecular weight is 480 g/mol. The van der Waals surface area contributed by atoms with Crippen molar-refractivity contribution in [3.05, 3.63) is 77.2 Å². The van der Waals surface area contributed by atoms with Gasteiger partial charge in [-0.1, -0.05) is 47.6 Å². The van der Waals surface area contributed by atoms with E-state index in [0.717, 1.165) is 22.6 Å². The molecule has 142 valence electrons. The quantitative estimate of drug-likeness (QED) is 0.325. The van der Waals surface area contributed by atoms with E-state index in [4.69, 9.17) is 4.52 Å². The lowest BCUT2D eigenvalue weighted by atomic mass is 10.1. The van der Waals surface area contributed by atoms with Crippen molar-refractivity contribution in [3.8, 4) is 11.3 Å². The number of benzene rings is 2. The van der Waals surface area contributed by atoms with Gasteiger partial charge in [-0.2, -0.15) is 0 Å². The van der Waals surface area contributed by atoms with Gasteiger partial charge in [0.05, 0.1) is 6.54 Å². The molecule has 0 aliphatic heterocycles. The number of hydrogen-bond acceptors (Lipinski definition) is 3. The second-order valence-corrected chi connectivity index (χ2v) is 5.91. The maximum absolute atomic E-state index is 13.3. The zero-order valence-electron chi connectivity index (χ0n) is 15.2. The minimum Gasteiger partial charge on any atom is -0.356 e. The standard InChI is InChI=1S/C20H21FN4O.HI/c1-14-10-15(8-9-18(14)21)12-23-20(22-2)24-13-17-11-19(26-25-17)16-6-4-3-5-7-16;/h3-11H,12-13H2,1-2H3,(H2,22,23,24);1H. The van der Waals surface area contributed by atoms with E-state index < -0.39 is 0 Å². The summed E-state index contributed by atoms with van der Waals surface area (Å²) in [5.41, 5.74) is 3.38. The predicted molar refractivity (Wildman–Crippen MR) is 116 cm³/mol. The molecule has 7 heteroatoms. The number of guanidine groups is 1. The molecule has 0 radical (unpaired) electrons. The molecule has 1 aromatic heterocycles. The highest BCUT2D eigenvalue weighted by molar-refractivity contribution is 14.0. The van der Waals surface area contributed by atoms with Crippen LogP contribution in [0, 0.1) is 12.7 Å². The summed E-state index contributed by atoms with van der Waals surface area (Å²) < 4.78 is 18.7. The smallest absolute Gasteiger partial charge is 0.191 e. The van der Waals surface area contributed by atoms with Crippen LogP contribution in [0.2, 0.25) is 0 Å². The Kier molecular flexibility index (Phi) is 7.78. The fraction of sp³-hybridized carbons (Fsp3) is 0.200. The molecule has 5 nitrogen and oxygen atoms in total. The van der Waals surface area contributed by atoms with E-state index in [0.29, 0.717) is 24.6 Å². The third-order valence-corrected chi connectivity index (χ3v) is 3.96. The largest absolute Gasteiger partial charge is 0.356 e. The fourth-order valence-corrected chi connectivity index (χ4v) is 2.53. The van der Waals surface area contributed by atoms with Crippen LogP contribution in [-0.4, -0.2) is 18.2 Å². The monoisotopic (exact) mass is 480 g/mol. The zero-order chi connectivity index (χ0) is 18.4. The number of aromatic nitrogens is 1.